The number of aryl methyl sites for hydroxylation is 2. The first kappa shape index (κ1) is 14.9. The number of benzene rings is 1. The Hall–Kier alpha value is -1.48. The number of nitrogens with zero attached hydrogens (tertiary/aromatic N) is 2. The summed E-state index contributed by atoms with van der Waals surface area (Å²) < 4.78 is 7.33. The molecule has 2 aromatic rings. The van der Waals surface area contributed by atoms with Gasteiger partial charge in [-0.3, -0.25) is 4.68 Å². The molecule has 1 unspecified atom stereocenters. The van der Waals surface area contributed by atoms with Crippen LogP contribution in [-0.2, 0) is 19.9 Å². The molecule has 1 atom stereocenters. The molecule has 0 saturated carbocycles. The number of para-hydroxylation sites is 1. The Kier molecular flexibility index (Phi) is 5.48. The first-order chi connectivity index (χ1) is 9.74. The topological polar surface area (TPSA) is 27.1 Å². The highest BCUT2D eigenvalue weighted by atomic mass is 35.5. The minimum Gasteiger partial charge on any atom is -0.496 e. The third kappa shape index (κ3) is 3.76. The summed E-state index contributed by atoms with van der Waals surface area (Å²) in [6, 6.07) is 10.2. The maximum Gasteiger partial charge on any atom is 0.122 e. The average molecular weight is 293 g/mol. The Morgan fingerprint density at radius 2 is 2.10 bits per heavy atom. The second-order valence-corrected chi connectivity index (χ2v) is 5.33. The van der Waals surface area contributed by atoms with E-state index in [1.807, 2.05) is 36.1 Å². The maximum absolute atomic E-state index is 6.13. The van der Waals surface area contributed by atoms with Crippen LogP contribution in [0.15, 0.2) is 36.5 Å². The Balaban J connectivity index is 1.97. The molecule has 0 spiro atoms. The number of halogens is 1. The molecule has 0 fully saturated rings. The predicted molar refractivity (Wildman–Crippen MR) is 82.4 cm³/mol. The predicted octanol–water partition coefficient (Wildman–Crippen LogP) is 3.46. The second-order valence-electron chi connectivity index (χ2n) is 5.02. The van der Waals surface area contributed by atoms with Crippen LogP contribution in [0.3, 0.4) is 0 Å². The molecule has 1 heterocycles. The summed E-state index contributed by atoms with van der Waals surface area (Å²) in [5, 5.41) is 4.20. The van der Waals surface area contributed by atoms with Crippen molar-refractivity contribution in [3.8, 4) is 5.75 Å². The highest BCUT2D eigenvalue weighted by molar-refractivity contribution is 6.18. The first-order valence-electron chi connectivity index (χ1n) is 6.89. The van der Waals surface area contributed by atoms with Gasteiger partial charge in [-0.1, -0.05) is 18.2 Å². The summed E-state index contributed by atoms with van der Waals surface area (Å²) in [7, 11) is 3.69. The molecule has 0 saturated heterocycles. The smallest absolute Gasteiger partial charge is 0.122 e. The fourth-order valence-corrected chi connectivity index (χ4v) is 2.68. The van der Waals surface area contributed by atoms with Crippen LogP contribution in [0.2, 0.25) is 0 Å². The molecule has 0 aliphatic heterocycles. The fraction of sp³-hybridized carbons (Fsp3) is 0.438. The Morgan fingerprint density at radius 1 is 1.30 bits per heavy atom. The molecule has 0 bridgehead atoms. The molecule has 1 aromatic carbocycles. The quantitative estimate of drug-likeness (QED) is 0.731. The van der Waals surface area contributed by atoms with Gasteiger partial charge in [0.1, 0.15) is 5.75 Å². The number of aromatic nitrogens is 2. The molecular formula is C16H21ClN2O. The van der Waals surface area contributed by atoms with Gasteiger partial charge in [0, 0.05) is 24.8 Å². The summed E-state index contributed by atoms with van der Waals surface area (Å²) in [6.07, 6.45) is 4.85. The van der Waals surface area contributed by atoms with Crippen molar-refractivity contribution in [3.63, 3.8) is 0 Å². The molecule has 4 heteroatoms. The molecule has 1 aromatic heterocycles. The molecule has 20 heavy (non-hydrogen) atoms. The van der Waals surface area contributed by atoms with Crippen LogP contribution >= 0.6 is 11.6 Å². The zero-order chi connectivity index (χ0) is 14.4. The second kappa shape index (κ2) is 7.34. The van der Waals surface area contributed by atoms with E-state index in [1.165, 1.54) is 11.3 Å². The van der Waals surface area contributed by atoms with Gasteiger partial charge in [0.25, 0.3) is 0 Å². The third-order valence-electron chi connectivity index (χ3n) is 3.65. The largest absolute Gasteiger partial charge is 0.496 e. The summed E-state index contributed by atoms with van der Waals surface area (Å²) >= 11 is 6.13. The van der Waals surface area contributed by atoms with Crippen molar-refractivity contribution < 1.29 is 4.74 Å². The van der Waals surface area contributed by atoms with E-state index in [4.69, 9.17) is 16.3 Å². The van der Waals surface area contributed by atoms with Gasteiger partial charge in [0.15, 0.2) is 0 Å². The summed E-state index contributed by atoms with van der Waals surface area (Å²) in [4.78, 5) is 0. The van der Waals surface area contributed by atoms with Crippen molar-refractivity contribution in [1.29, 1.82) is 0 Å². The number of rotatable bonds is 7. The van der Waals surface area contributed by atoms with Gasteiger partial charge >= 0.3 is 0 Å². The van der Waals surface area contributed by atoms with E-state index < -0.39 is 0 Å². The van der Waals surface area contributed by atoms with Gasteiger partial charge in [-0.2, -0.15) is 5.10 Å². The van der Waals surface area contributed by atoms with Crippen LogP contribution in [-0.4, -0.2) is 22.8 Å². The minimum absolute atomic E-state index is 0.447. The minimum atomic E-state index is 0.447. The van der Waals surface area contributed by atoms with Crippen molar-refractivity contribution in [2.75, 3.05) is 13.0 Å². The van der Waals surface area contributed by atoms with E-state index in [-0.39, 0.29) is 0 Å². The van der Waals surface area contributed by atoms with E-state index in [2.05, 4.69) is 17.2 Å². The number of alkyl halides is 1. The summed E-state index contributed by atoms with van der Waals surface area (Å²) in [5.74, 6) is 2.06. The number of ether oxygens (including phenoxy) is 1. The summed E-state index contributed by atoms with van der Waals surface area (Å²) in [5.41, 5.74) is 2.48. The standard InChI is InChI=1S/C16H21ClN2O/c1-19-15(9-10-18-19)8-7-13(12-17)11-14-5-3-4-6-16(14)20-2/h3-6,9-10,13H,7-8,11-12H2,1-2H3. The summed E-state index contributed by atoms with van der Waals surface area (Å²) in [6.45, 7) is 0. The van der Waals surface area contributed by atoms with E-state index >= 15 is 0 Å². The Morgan fingerprint density at radius 3 is 2.75 bits per heavy atom. The van der Waals surface area contributed by atoms with Crippen LogP contribution in [0.1, 0.15) is 17.7 Å². The van der Waals surface area contributed by atoms with Crippen molar-refractivity contribution in [2.24, 2.45) is 13.0 Å². The molecule has 108 valence electrons. The normalized spacial score (nSPS) is 12.3. The highest BCUT2D eigenvalue weighted by Gasteiger charge is 2.12. The van der Waals surface area contributed by atoms with Gasteiger partial charge in [-0.05, 0) is 42.9 Å². The average Bonchev–Trinajstić information content (AvgIpc) is 2.89. The molecule has 0 amide bonds. The Bertz CT molecular complexity index is 539. The zero-order valence-electron chi connectivity index (χ0n) is 12.1. The van der Waals surface area contributed by atoms with E-state index in [1.54, 1.807) is 7.11 Å². The van der Waals surface area contributed by atoms with Crippen molar-refractivity contribution >= 4 is 11.6 Å². The van der Waals surface area contributed by atoms with Crippen LogP contribution in [0, 0.1) is 5.92 Å². The van der Waals surface area contributed by atoms with Gasteiger partial charge in [-0.25, -0.2) is 0 Å². The number of hydrogen-bond donors (Lipinski definition) is 0. The van der Waals surface area contributed by atoms with Crippen LogP contribution in [0.25, 0.3) is 0 Å². The van der Waals surface area contributed by atoms with Gasteiger partial charge in [0.05, 0.1) is 7.11 Å². The molecule has 0 N–H and O–H groups in total. The van der Waals surface area contributed by atoms with Crippen LogP contribution in [0.5, 0.6) is 5.75 Å². The van der Waals surface area contributed by atoms with Crippen molar-refractivity contribution in [2.45, 2.75) is 19.3 Å². The van der Waals surface area contributed by atoms with Gasteiger partial charge in [-0.15, -0.1) is 11.6 Å². The lowest BCUT2D eigenvalue weighted by molar-refractivity contribution is 0.404. The lowest BCUT2D eigenvalue weighted by Gasteiger charge is -2.16. The van der Waals surface area contributed by atoms with Crippen LogP contribution in [0.4, 0.5) is 0 Å². The van der Waals surface area contributed by atoms with E-state index in [0.29, 0.717) is 11.8 Å². The fourth-order valence-electron chi connectivity index (χ4n) is 2.41. The van der Waals surface area contributed by atoms with Crippen molar-refractivity contribution in [1.82, 2.24) is 9.78 Å². The number of hydrogen-bond acceptors (Lipinski definition) is 2. The highest BCUT2D eigenvalue weighted by Crippen LogP contribution is 2.23. The zero-order valence-corrected chi connectivity index (χ0v) is 12.8. The molecular weight excluding hydrogens is 272 g/mol. The van der Waals surface area contributed by atoms with Gasteiger partial charge < -0.3 is 4.74 Å². The molecule has 0 aliphatic carbocycles. The third-order valence-corrected chi connectivity index (χ3v) is 4.09. The lowest BCUT2D eigenvalue weighted by atomic mass is 9.95. The van der Waals surface area contributed by atoms with Crippen LogP contribution < -0.4 is 4.74 Å². The molecule has 3 nitrogen and oxygen atoms in total. The first-order valence-corrected chi connectivity index (χ1v) is 7.42. The lowest BCUT2D eigenvalue weighted by Crippen LogP contribution is -2.10. The maximum atomic E-state index is 6.13. The number of methoxy groups -OCH3 is 1. The van der Waals surface area contributed by atoms with Gasteiger partial charge in [0.2, 0.25) is 0 Å². The monoisotopic (exact) mass is 292 g/mol. The van der Waals surface area contributed by atoms with Crippen molar-refractivity contribution in [3.05, 3.63) is 47.8 Å². The van der Waals surface area contributed by atoms with E-state index in [0.717, 1.165) is 25.0 Å². The Labute approximate surface area is 125 Å². The van der Waals surface area contributed by atoms with E-state index in [9.17, 15) is 0 Å². The SMILES string of the molecule is COc1ccccc1CC(CCl)CCc1ccnn1C. The molecule has 0 radical (unpaired) electrons. The molecule has 0 aliphatic rings. The molecule has 2 rings (SSSR count).